The fourth-order valence-electron chi connectivity index (χ4n) is 3.18. The second kappa shape index (κ2) is 7.47. The van der Waals surface area contributed by atoms with E-state index in [0.29, 0.717) is 27.9 Å². The highest BCUT2D eigenvalue weighted by Gasteiger charge is 2.48. The molecule has 0 fully saturated rings. The SMILES string of the molecule is C/C=C(\C)C(=O)SC1c2c(ccc3ccc(=O)oc23)OC(C)(C)[C@@H]1OC(C)=O. The number of hydrogen-bond acceptors (Lipinski definition) is 7. The maximum atomic E-state index is 12.7. The van der Waals surface area contributed by atoms with Crippen LogP contribution in [0.4, 0.5) is 0 Å². The van der Waals surface area contributed by atoms with Gasteiger partial charge in [0.25, 0.3) is 0 Å². The summed E-state index contributed by atoms with van der Waals surface area (Å²) in [6, 6.07) is 6.57. The summed E-state index contributed by atoms with van der Waals surface area (Å²) in [5.74, 6) is 0.0197. The molecule has 1 aliphatic heterocycles. The van der Waals surface area contributed by atoms with E-state index in [4.69, 9.17) is 13.9 Å². The lowest BCUT2D eigenvalue weighted by molar-refractivity contribution is -0.158. The fraction of sp³-hybridized carbons (Fsp3) is 0.381. The first-order chi connectivity index (χ1) is 13.1. The summed E-state index contributed by atoms with van der Waals surface area (Å²) in [6.07, 6.45) is 0.970. The van der Waals surface area contributed by atoms with Gasteiger partial charge in [-0.25, -0.2) is 4.79 Å². The Hall–Kier alpha value is -2.54. The molecule has 2 heterocycles. The Morgan fingerprint density at radius 2 is 1.86 bits per heavy atom. The second-order valence-corrected chi connectivity index (χ2v) is 8.30. The molecule has 0 aliphatic carbocycles. The number of fused-ring (bicyclic) bond motifs is 3. The minimum absolute atomic E-state index is 0.149. The first-order valence-electron chi connectivity index (χ1n) is 8.91. The molecule has 0 amide bonds. The monoisotopic (exact) mass is 402 g/mol. The van der Waals surface area contributed by atoms with Gasteiger partial charge in [-0.05, 0) is 51.5 Å². The van der Waals surface area contributed by atoms with Crippen LogP contribution in [-0.2, 0) is 14.3 Å². The van der Waals surface area contributed by atoms with Crippen molar-refractivity contribution >= 4 is 33.8 Å². The van der Waals surface area contributed by atoms with Crippen LogP contribution in [0.3, 0.4) is 0 Å². The number of hydrogen-bond donors (Lipinski definition) is 0. The van der Waals surface area contributed by atoms with E-state index in [1.54, 1.807) is 52.0 Å². The lowest BCUT2D eigenvalue weighted by Gasteiger charge is -2.43. The van der Waals surface area contributed by atoms with Gasteiger partial charge >= 0.3 is 11.6 Å². The van der Waals surface area contributed by atoms with Crippen LogP contribution in [0.5, 0.6) is 5.75 Å². The van der Waals surface area contributed by atoms with Crippen molar-refractivity contribution in [3.8, 4) is 5.75 Å². The van der Waals surface area contributed by atoms with Gasteiger partial charge in [0.15, 0.2) is 6.10 Å². The summed E-state index contributed by atoms with van der Waals surface area (Å²) in [4.78, 5) is 36.4. The molecule has 0 radical (unpaired) electrons. The van der Waals surface area contributed by atoms with Crippen molar-refractivity contribution in [2.24, 2.45) is 0 Å². The number of carbonyl (C=O) groups is 2. The number of benzene rings is 1. The Morgan fingerprint density at radius 3 is 2.50 bits per heavy atom. The maximum Gasteiger partial charge on any atom is 0.336 e. The van der Waals surface area contributed by atoms with Gasteiger partial charge in [0.05, 0.1) is 10.8 Å². The number of carbonyl (C=O) groups excluding carboxylic acids is 2. The van der Waals surface area contributed by atoms with Gasteiger partial charge in [-0.2, -0.15) is 0 Å². The summed E-state index contributed by atoms with van der Waals surface area (Å²) in [7, 11) is 0. The zero-order chi connectivity index (χ0) is 20.6. The molecule has 148 valence electrons. The molecule has 0 N–H and O–H groups in total. The van der Waals surface area contributed by atoms with E-state index in [1.165, 1.54) is 13.0 Å². The van der Waals surface area contributed by atoms with E-state index in [1.807, 2.05) is 0 Å². The van der Waals surface area contributed by atoms with E-state index < -0.39 is 28.5 Å². The van der Waals surface area contributed by atoms with Crippen LogP contribution in [0.25, 0.3) is 11.0 Å². The highest BCUT2D eigenvalue weighted by molar-refractivity contribution is 8.14. The number of rotatable bonds is 3. The van der Waals surface area contributed by atoms with Crippen molar-refractivity contribution < 1.29 is 23.5 Å². The lowest BCUT2D eigenvalue weighted by Crippen LogP contribution is -2.50. The van der Waals surface area contributed by atoms with Gasteiger partial charge in [-0.3, -0.25) is 9.59 Å². The molecule has 28 heavy (non-hydrogen) atoms. The van der Waals surface area contributed by atoms with Crippen LogP contribution in [0, 0.1) is 0 Å². The van der Waals surface area contributed by atoms with E-state index >= 15 is 0 Å². The minimum Gasteiger partial charge on any atom is -0.483 e. The van der Waals surface area contributed by atoms with Crippen molar-refractivity contribution in [2.45, 2.75) is 51.6 Å². The molecule has 1 aromatic carbocycles. The molecule has 2 atom stereocenters. The van der Waals surface area contributed by atoms with E-state index in [-0.39, 0.29) is 5.12 Å². The molecule has 0 saturated heterocycles. The predicted molar refractivity (Wildman–Crippen MR) is 108 cm³/mol. The number of allylic oxidation sites excluding steroid dienone is 1. The second-order valence-electron chi connectivity index (χ2n) is 7.18. The zero-order valence-corrected chi connectivity index (χ0v) is 17.2. The molecule has 2 aromatic rings. The molecule has 0 spiro atoms. The van der Waals surface area contributed by atoms with Crippen LogP contribution < -0.4 is 10.4 Å². The minimum atomic E-state index is -0.886. The maximum absolute atomic E-state index is 12.7. The fourth-order valence-corrected chi connectivity index (χ4v) is 4.56. The van der Waals surface area contributed by atoms with Crippen LogP contribution in [-0.4, -0.2) is 22.8 Å². The van der Waals surface area contributed by atoms with E-state index in [0.717, 1.165) is 11.8 Å². The molecular weight excluding hydrogens is 380 g/mol. The van der Waals surface area contributed by atoms with Gasteiger partial charge in [0.2, 0.25) is 5.12 Å². The normalized spacial score (nSPS) is 21.0. The Morgan fingerprint density at radius 1 is 1.18 bits per heavy atom. The zero-order valence-electron chi connectivity index (χ0n) is 16.4. The smallest absolute Gasteiger partial charge is 0.336 e. The summed E-state index contributed by atoms with van der Waals surface area (Å²) < 4.78 is 17.2. The Balaban J connectivity index is 2.25. The highest BCUT2D eigenvalue weighted by Crippen LogP contribution is 2.51. The van der Waals surface area contributed by atoms with Crippen LogP contribution in [0.15, 0.2) is 45.1 Å². The third kappa shape index (κ3) is 3.71. The van der Waals surface area contributed by atoms with Crippen molar-refractivity contribution in [1.82, 2.24) is 0 Å². The Labute approximate surface area is 166 Å². The number of thioether (sulfide) groups is 1. The largest absolute Gasteiger partial charge is 0.483 e. The van der Waals surface area contributed by atoms with E-state index in [9.17, 15) is 14.4 Å². The standard InChI is InChI=1S/C21H22O6S/c1-6-11(2)20(24)28-18-16-14(27-21(4,5)19(18)25-12(3)22)9-7-13-8-10-15(23)26-17(13)16/h6-10,18-19H,1-5H3/b11-6+/t18?,19-/m1/s1. The lowest BCUT2D eigenvalue weighted by atomic mass is 9.89. The summed E-state index contributed by atoms with van der Waals surface area (Å²) in [5, 5.41) is -0.0491. The van der Waals surface area contributed by atoms with Gasteiger partial charge in [0, 0.05) is 18.4 Å². The Kier molecular flexibility index (Phi) is 5.39. The van der Waals surface area contributed by atoms with Crippen molar-refractivity contribution in [3.05, 3.63) is 51.9 Å². The average Bonchev–Trinajstić information content (AvgIpc) is 2.62. The molecule has 7 heteroatoms. The van der Waals surface area contributed by atoms with Crippen molar-refractivity contribution in [1.29, 1.82) is 0 Å². The van der Waals surface area contributed by atoms with Crippen molar-refractivity contribution in [2.75, 3.05) is 0 Å². The summed E-state index contributed by atoms with van der Waals surface area (Å²) in [6.45, 7) is 8.43. The predicted octanol–water partition coefficient (Wildman–Crippen LogP) is 4.16. The number of ether oxygens (including phenoxy) is 2. The number of esters is 1. The molecule has 1 unspecified atom stereocenters. The quantitative estimate of drug-likeness (QED) is 0.433. The first kappa shape index (κ1) is 20.2. The van der Waals surface area contributed by atoms with Gasteiger partial charge in [-0.1, -0.05) is 17.8 Å². The highest BCUT2D eigenvalue weighted by atomic mass is 32.2. The van der Waals surface area contributed by atoms with Gasteiger partial charge in [-0.15, -0.1) is 0 Å². The van der Waals surface area contributed by atoms with Crippen LogP contribution in [0.1, 0.15) is 45.4 Å². The molecule has 0 bridgehead atoms. The molecule has 6 nitrogen and oxygen atoms in total. The first-order valence-corrected chi connectivity index (χ1v) is 9.79. The molecular formula is C21H22O6S. The Bertz CT molecular complexity index is 1030. The third-order valence-corrected chi connectivity index (χ3v) is 5.96. The van der Waals surface area contributed by atoms with Crippen molar-refractivity contribution in [3.63, 3.8) is 0 Å². The topological polar surface area (TPSA) is 82.8 Å². The van der Waals surface area contributed by atoms with Gasteiger partial charge in [0.1, 0.15) is 16.9 Å². The van der Waals surface area contributed by atoms with Gasteiger partial charge < -0.3 is 13.9 Å². The molecule has 0 saturated carbocycles. The van der Waals surface area contributed by atoms with Crippen LogP contribution in [0.2, 0.25) is 0 Å². The van der Waals surface area contributed by atoms with E-state index in [2.05, 4.69) is 0 Å². The third-order valence-electron chi connectivity index (χ3n) is 4.69. The molecule has 1 aromatic heterocycles. The molecule has 3 rings (SSSR count). The van der Waals surface area contributed by atoms with Crippen LogP contribution >= 0.6 is 11.8 Å². The average molecular weight is 402 g/mol. The summed E-state index contributed by atoms with van der Waals surface area (Å²) in [5.41, 5.74) is 0.0705. The summed E-state index contributed by atoms with van der Waals surface area (Å²) >= 11 is 1.04. The molecule has 1 aliphatic rings.